The number of primary amides is 1. The van der Waals surface area contributed by atoms with E-state index in [0.717, 1.165) is 36.1 Å². The number of nitrogens with zero attached hydrogens (tertiary/aromatic N) is 1. The molecule has 0 heterocycles. The van der Waals surface area contributed by atoms with Crippen molar-refractivity contribution < 1.29 is 4.79 Å². The van der Waals surface area contributed by atoms with Crippen LogP contribution in [0, 0.1) is 0 Å². The summed E-state index contributed by atoms with van der Waals surface area (Å²) in [5.74, 6) is -0.267. The lowest BCUT2D eigenvalue weighted by Gasteiger charge is -2.32. The first-order valence-electron chi connectivity index (χ1n) is 7.66. The molecule has 1 aromatic carbocycles. The highest BCUT2D eigenvalue weighted by Crippen LogP contribution is 2.32. The van der Waals surface area contributed by atoms with E-state index in [-0.39, 0.29) is 5.91 Å². The average molecular weight is 354 g/mol. The first-order chi connectivity index (χ1) is 10.1. The van der Waals surface area contributed by atoms with Gasteiger partial charge in [0, 0.05) is 22.7 Å². The third-order valence-corrected chi connectivity index (χ3v) is 4.51. The Labute approximate surface area is 135 Å². The summed E-state index contributed by atoms with van der Waals surface area (Å²) in [6, 6.07) is 6.69. The molecule has 0 saturated heterocycles. The number of anilines is 1. The van der Waals surface area contributed by atoms with Crippen LogP contribution in [-0.2, 0) is 11.3 Å². The summed E-state index contributed by atoms with van der Waals surface area (Å²) in [6.45, 7) is 4.12. The molecule has 1 aliphatic rings. The number of hydrogen-bond acceptors (Lipinski definition) is 3. The zero-order chi connectivity index (χ0) is 15.2. The van der Waals surface area contributed by atoms with Gasteiger partial charge in [0.15, 0.2) is 0 Å². The molecule has 0 spiro atoms. The number of rotatable bonds is 7. The number of nitrogens with one attached hydrogen (secondary N) is 1. The minimum atomic E-state index is -0.267. The second-order valence-electron chi connectivity index (χ2n) is 5.59. The molecule has 1 aromatic rings. The number of benzene rings is 1. The van der Waals surface area contributed by atoms with Crippen molar-refractivity contribution in [3.63, 3.8) is 0 Å². The van der Waals surface area contributed by atoms with Crippen molar-refractivity contribution in [2.24, 2.45) is 5.73 Å². The Morgan fingerprint density at radius 2 is 2.14 bits per heavy atom. The molecule has 3 N–H and O–H groups in total. The van der Waals surface area contributed by atoms with Crippen LogP contribution in [0.4, 0.5) is 5.69 Å². The van der Waals surface area contributed by atoms with Crippen molar-refractivity contribution in [2.45, 2.75) is 45.2 Å². The van der Waals surface area contributed by atoms with E-state index < -0.39 is 0 Å². The van der Waals surface area contributed by atoms with Crippen LogP contribution >= 0.6 is 15.9 Å². The quantitative estimate of drug-likeness (QED) is 0.792. The van der Waals surface area contributed by atoms with Crippen LogP contribution < -0.4 is 16.0 Å². The summed E-state index contributed by atoms with van der Waals surface area (Å²) in [7, 11) is 0. The molecule has 0 aliphatic heterocycles. The number of carbonyl (C=O) groups excluding carboxylic acids is 1. The van der Waals surface area contributed by atoms with Gasteiger partial charge in [-0.05, 0) is 37.1 Å². The maximum Gasteiger partial charge on any atom is 0.236 e. The van der Waals surface area contributed by atoms with Gasteiger partial charge >= 0.3 is 0 Å². The fraction of sp³-hybridized carbons (Fsp3) is 0.562. The molecule has 1 fully saturated rings. The standard InChI is InChI=1S/C16H24BrN3O/c1-2-19-10-12-7-8-13(17)9-15(12)20(11-16(18)21)14-5-3-4-6-14/h7-9,14,19H,2-6,10-11H2,1H3,(H2,18,21). The Kier molecular flexibility index (Phi) is 6.06. The first kappa shape index (κ1) is 16.3. The van der Waals surface area contributed by atoms with Gasteiger partial charge in [-0.3, -0.25) is 4.79 Å². The minimum absolute atomic E-state index is 0.267. The third kappa shape index (κ3) is 4.45. The molecule has 4 nitrogen and oxygen atoms in total. The highest BCUT2D eigenvalue weighted by molar-refractivity contribution is 9.10. The molecule has 0 bridgehead atoms. The van der Waals surface area contributed by atoms with Crippen LogP contribution in [0.2, 0.25) is 0 Å². The highest BCUT2D eigenvalue weighted by Gasteiger charge is 2.25. The average Bonchev–Trinajstić information content (AvgIpc) is 2.97. The molecule has 1 amide bonds. The minimum Gasteiger partial charge on any atom is -0.368 e. The lowest BCUT2D eigenvalue weighted by Crippen LogP contribution is -2.41. The SMILES string of the molecule is CCNCc1ccc(Br)cc1N(CC(N)=O)C1CCCC1. The maximum absolute atomic E-state index is 11.5. The van der Waals surface area contributed by atoms with Gasteiger partial charge in [0.2, 0.25) is 5.91 Å². The van der Waals surface area contributed by atoms with E-state index in [1.165, 1.54) is 18.4 Å². The molecule has 0 atom stereocenters. The van der Waals surface area contributed by atoms with E-state index in [1.54, 1.807) is 0 Å². The summed E-state index contributed by atoms with van der Waals surface area (Å²) in [6.07, 6.45) is 4.74. The van der Waals surface area contributed by atoms with Gasteiger partial charge in [0.25, 0.3) is 0 Å². The van der Waals surface area contributed by atoms with Crippen molar-refractivity contribution in [1.29, 1.82) is 0 Å². The lowest BCUT2D eigenvalue weighted by atomic mass is 10.1. The van der Waals surface area contributed by atoms with Crippen LogP contribution in [0.25, 0.3) is 0 Å². The van der Waals surface area contributed by atoms with Crippen LogP contribution in [0.15, 0.2) is 22.7 Å². The second-order valence-corrected chi connectivity index (χ2v) is 6.50. The Balaban J connectivity index is 2.31. The maximum atomic E-state index is 11.5. The summed E-state index contributed by atoms with van der Waals surface area (Å²) in [5.41, 5.74) is 7.82. The molecule has 0 unspecified atom stereocenters. The smallest absolute Gasteiger partial charge is 0.236 e. The molecular formula is C16H24BrN3O. The molecule has 5 heteroatoms. The van der Waals surface area contributed by atoms with Gasteiger partial charge in [-0.2, -0.15) is 0 Å². The molecule has 2 rings (SSSR count). The zero-order valence-electron chi connectivity index (χ0n) is 12.6. The molecule has 116 valence electrons. The van der Waals surface area contributed by atoms with E-state index >= 15 is 0 Å². The van der Waals surface area contributed by atoms with Crippen molar-refractivity contribution in [3.8, 4) is 0 Å². The summed E-state index contributed by atoms with van der Waals surface area (Å²) in [4.78, 5) is 13.7. The van der Waals surface area contributed by atoms with Crippen molar-refractivity contribution in [2.75, 3.05) is 18.0 Å². The number of nitrogens with two attached hydrogens (primary N) is 1. The van der Waals surface area contributed by atoms with E-state index in [9.17, 15) is 4.79 Å². The van der Waals surface area contributed by atoms with Crippen molar-refractivity contribution in [3.05, 3.63) is 28.2 Å². The van der Waals surface area contributed by atoms with Crippen LogP contribution in [0.5, 0.6) is 0 Å². The number of carbonyl (C=O) groups is 1. The predicted molar refractivity (Wildman–Crippen MR) is 90.3 cm³/mol. The van der Waals surface area contributed by atoms with Gasteiger partial charge in [-0.25, -0.2) is 0 Å². The molecule has 1 saturated carbocycles. The second kappa shape index (κ2) is 7.80. The first-order valence-corrected chi connectivity index (χ1v) is 8.45. The largest absolute Gasteiger partial charge is 0.368 e. The van der Waals surface area contributed by atoms with Crippen LogP contribution in [0.3, 0.4) is 0 Å². The van der Waals surface area contributed by atoms with Crippen LogP contribution in [-0.4, -0.2) is 25.0 Å². The zero-order valence-corrected chi connectivity index (χ0v) is 14.2. The van der Waals surface area contributed by atoms with E-state index in [0.29, 0.717) is 12.6 Å². The van der Waals surface area contributed by atoms with Gasteiger partial charge in [-0.1, -0.05) is 41.8 Å². The highest BCUT2D eigenvalue weighted by atomic mass is 79.9. The Hall–Kier alpha value is -1.07. The summed E-state index contributed by atoms with van der Waals surface area (Å²) < 4.78 is 1.03. The number of hydrogen-bond donors (Lipinski definition) is 2. The monoisotopic (exact) mass is 353 g/mol. The number of halogens is 1. The van der Waals surface area contributed by atoms with Crippen molar-refractivity contribution in [1.82, 2.24) is 5.32 Å². The number of amides is 1. The lowest BCUT2D eigenvalue weighted by molar-refractivity contribution is -0.116. The Morgan fingerprint density at radius 3 is 2.76 bits per heavy atom. The molecule has 21 heavy (non-hydrogen) atoms. The predicted octanol–water partition coefficient (Wildman–Crippen LogP) is 2.79. The van der Waals surface area contributed by atoms with Crippen molar-refractivity contribution >= 4 is 27.5 Å². The van der Waals surface area contributed by atoms with Gasteiger partial charge < -0.3 is 16.0 Å². The fourth-order valence-corrected chi connectivity index (χ4v) is 3.36. The van der Waals surface area contributed by atoms with E-state index in [1.807, 2.05) is 6.07 Å². The van der Waals surface area contributed by atoms with E-state index in [4.69, 9.17) is 5.73 Å². The summed E-state index contributed by atoms with van der Waals surface area (Å²) in [5, 5.41) is 3.37. The topological polar surface area (TPSA) is 58.4 Å². The fourth-order valence-electron chi connectivity index (χ4n) is 3.01. The molecular weight excluding hydrogens is 330 g/mol. The molecule has 0 radical (unpaired) electrons. The Morgan fingerprint density at radius 1 is 1.43 bits per heavy atom. The molecule has 0 aromatic heterocycles. The summed E-state index contributed by atoms with van der Waals surface area (Å²) >= 11 is 3.54. The van der Waals surface area contributed by atoms with Gasteiger partial charge in [0.05, 0.1) is 6.54 Å². The third-order valence-electron chi connectivity index (χ3n) is 4.01. The molecule has 1 aliphatic carbocycles. The van der Waals surface area contributed by atoms with E-state index in [2.05, 4.69) is 45.2 Å². The van der Waals surface area contributed by atoms with Crippen LogP contribution in [0.1, 0.15) is 38.2 Å². The Bertz CT molecular complexity index is 486. The normalized spacial score (nSPS) is 15.3. The van der Waals surface area contributed by atoms with Gasteiger partial charge in [0.1, 0.15) is 0 Å². The van der Waals surface area contributed by atoms with Gasteiger partial charge in [-0.15, -0.1) is 0 Å².